The molecule has 0 N–H and O–H groups in total. The molecule has 28 heavy (non-hydrogen) atoms. The highest BCUT2D eigenvalue weighted by molar-refractivity contribution is 5.26. The fourth-order valence-electron chi connectivity index (χ4n) is 4.30. The van der Waals surface area contributed by atoms with Crippen LogP contribution in [0.4, 0.5) is 0 Å². The number of benzene rings is 1. The van der Waals surface area contributed by atoms with Crippen molar-refractivity contribution in [3.05, 3.63) is 47.5 Å². The Kier molecular flexibility index (Phi) is 15.1. The molecule has 0 amide bonds. The van der Waals surface area contributed by atoms with E-state index in [2.05, 4.69) is 51.6 Å². The minimum Gasteiger partial charge on any atom is -0.0995 e. The molecular weight excluding hydrogens is 336 g/mol. The maximum atomic E-state index is 4.46. The van der Waals surface area contributed by atoms with Crippen LogP contribution in [-0.4, -0.2) is 0 Å². The number of hydrogen-bond acceptors (Lipinski definition) is 0. The Morgan fingerprint density at radius 3 is 1.75 bits per heavy atom. The lowest BCUT2D eigenvalue weighted by Gasteiger charge is -2.19. The van der Waals surface area contributed by atoms with Gasteiger partial charge in [0.25, 0.3) is 0 Å². The zero-order valence-corrected chi connectivity index (χ0v) is 19.4. The lowest BCUT2D eigenvalue weighted by molar-refractivity contribution is 0.400. The second-order valence-electron chi connectivity index (χ2n) is 8.97. The SMILES string of the molecule is C=C(Cc1ccc(CCC)cc1)CC(CCCCCC)CCCCCCCC. The van der Waals surface area contributed by atoms with Crippen LogP contribution in [0, 0.1) is 5.92 Å². The summed E-state index contributed by atoms with van der Waals surface area (Å²) in [7, 11) is 0. The van der Waals surface area contributed by atoms with E-state index >= 15 is 0 Å². The molecule has 0 fully saturated rings. The molecule has 0 bridgehead atoms. The third-order valence-electron chi connectivity index (χ3n) is 6.02. The summed E-state index contributed by atoms with van der Waals surface area (Å²) in [6.45, 7) is 11.3. The van der Waals surface area contributed by atoms with E-state index in [1.54, 1.807) is 0 Å². The van der Waals surface area contributed by atoms with Crippen LogP contribution >= 0.6 is 0 Å². The fourth-order valence-corrected chi connectivity index (χ4v) is 4.30. The van der Waals surface area contributed by atoms with Crippen molar-refractivity contribution in [1.29, 1.82) is 0 Å². The van der Waals surface area contributed by atoms with E-state index in [-0.39, 0.29) is 0 Å². The second-order valence-corrected chi connectivity index (χ2v) is 8.97. The maximum absolute atomic E-state index is 4.46. The molecule has 0 nitrogen and oxygen atoms in total. The van der Waals surface area contributed by atoms with Gasteiger partial charge in [-0.05, 0) is 36.3 Å². The predicted molar refractivity (Wildman–Crippen MR) is 128 cm³/mol. The Morgan fingerprint density at radius 1 is 0.679 bits per heavy atom. The van der Waals surface area contributed by atoms with Crippen molar-refractivity contribution >= 4 is 0 Å². The van der Waals surface area contributed by atoms with E-state index in [0.29, 0.717) is 0 Å². The van der Waals surface area contributed by atoms with Crippen molar-refractivity contribution in [2.24, 2.45) is 5.92 Å². The van der Waals surface area contributed by atoms with E-state index in [1.807, 2.05) is 0 Å². The van der Waals surface area contributed by atoms with Gasteiger partial charge in [-0.25, -0.2) is 0 Å². The van der Waals surface area contributed by atoms with E-state index in [1.165, 1.54) is 113 Å². The zero-order valence-electron chi connectivity index (χ0n) is 19.4. The van der Waals surface area contributed by atoms with Crippen LogP contribution < -0.4 is 0 Å². The first kappa shape index (κ1) is 25.0. The van der Waals surface area contributed by atoms with Crippen LogP contribution in [0.3, 0.4) is 0 Å². The Hall–Kier alpha value is -1.04. The first-order valence-electron chi connectivity index (χ1n) is 12.4. The first-order valence-corrected chi connectivity index (χ1v) is 12.4. The maximum Gasteiger partial charge on any atom is -0.00697 e. The normalized spacial score (nSPS) is 12.2. The molecule has 1 rings (SSSR count). The molecule has 0 saturated heterocycles. The Bertz CT molecular complexity index is 481. The van der Waals surface area contributed by atoms with E-state index < -0.39 is 0 Å². The molecule has 0 aliphatic rings. The Morgan fingerprint density at radius 2 is 1.18 bits per heavy atom. The van der Waals surface area contributed by atoms with E-state index in [9.17, 15) is 0 Å². The van der Waals surface area contributed by atoms with Crippen molar-refractivity contribution in [2.75, 3.05) is 0 Å². The monoisotopic (exact) mass is 384 g/mol. The third kappa shape index (κ3) is 12.4. The predicted octanol–water partition coefficient (Wildman–Crippen LogP) is 9.47. The average Bonchev–Trinajstić information content (AvgIpc) is 2.69. The number of unbranched alkanes of at least 4 members (excludes halogenated alkanes) is 8. The molecule has 0 spiro atoms. The van der Waals surface area contributed by atoms with Gasteiger partial charge in [-0.3, -0.25) is 0 Å². The molecule has 0 aliphatic heterocycles. The summed E-state index contributed by atoms with van der Waals surface area (Å²) >= 11 is 0. The van der Waals surface area contributed by atoms with Crippen LogP contribution in [0.25, 0.3) is 0 Å². The van der Waals surface area contributed by atoms with Gasteiger partial charge in [0.15, 0.2) is 0 Å². The number of hydrogen-bond donors (Lipinski definition) is 0. The first-order chi connectivity index (χ1) is 13.7. The zero-order chi connectivity index (χ0) is 20.5. The van der Waals surface area contributed by atoms with Crippen molar-refractivity contribution < 1.29 is 0 Å². The molecule has 1 atom stereocenters. The summed E-state index contributed by atoms with van der Waals surface area (Å²) in [5, 5.41) is 0. The molecule has 0 saturated carbocycles. The van der Waals surface area contributed by atoms with Gasteiger partial charge in [0.2, 0.25) is 0 Å². The number of rotatable bonds is 18. The van der Waals surface area contributed by atoms with Crippen molar-refractivity contribution in [2.45, 2.75) is 124 Å². The minimum absolute atomic E-state index is 0.856. The smallest absolute Gasteiger partial charge is 0.00697 e. The van der Waals surface area contributed by atoms with Crippen LogP contribution in [0.5, 0.6) is 0 Å². The number of allylic oxidation sites excluding steroid dienone is 1. The topological polar surface area (TPSA) is 0 Å². The Labute approximate surface area is 177 Å². The highest BCUT2D eigenvalue weighted by Crippen LogP contribution is 2.26. The summed E-state index contributed by atoms with van der Waals surface area (Å²) in [5.74, 6) is 0.856. The molecule has 0 heteroatoms. The average molecular weight is 385 g/mol. The van der Waals surface area contributed by atoms with Crippen LogP contribution in [0.2, 0.25) is 0 Å². The standard InChI is InChI=1S/C28H48/c1-5-8-10-12-13-15-18-27(17-14-11-9-6-2)23-25(4)24-28-21-19-26(16-7-3)20-22-28/h19-22,27H,4-18,23-24H2,1-3H3. The van der Waals surface area contributed by atoms with Gasteiger partial charge in [-0.2, -0.15) is 0 Å². The molecule has 160 valence electrons. The summed E-state index contributed by atoms with van der Waals surface area (Å²) in [6, 6.07) is 9.26. The fraction of sp³-hybridized carbons (Fsp3) is 0.714. The molecule has 0 radical (unpaired) electrons. The molecule has 0 aromatic heterocycles. The van der Waals surface area contributed by atoms with Gasteiger partial charge in [-0.15, -0.1) is 0 Å². The van der Waals surface area contributed by atoms with Gasteiger partial charge in [-0.1, -0.05) is 141 Å². The highest BCUT2D eigenvalue weighted by Gasteiger charge is 2.11. The molecule has 0 aliphatic carbocycles. The molecule has 1 aromatic carbocycles. The molecule has 1 aromatic rings. The summed E-state index contributed by atoms with van der Waals surface area (Å²) in [5.41, 5.74) is 4.35. The van der Waals surface area contributed by atoms with Gasteiger partial charge >= 0.3 is 0 Å². The second kappa shape index (κ2) is 16.9. The van der Waals surface area contributed by atoms with Gasteiger partial charge in [0.1, 0.15) is 0 Å². The van der Waals surface area contributed by atoms with Crippen LogP contribution in [-0.2, 0) is 12.8 Å². The van der Waals surface area contributed by atoms with Crippen molar-refractivity contribution in [3.63, 3.8) is 0 Å². The van der Waals surface area contributed by atoms with Gasteiger partial charge in [0.05, 0.1) is 0 Å². The number of aryl methyl sites for hydroxylation is 1. The largest absolute Gasteiger partial charge is 0.0995 e. The lowest BCUT2D eigenvalue weighted by Crippen LogP contribution is -2.04. The van der Waals surface area contributed by atoms with Crippen molar-refractivity contribution in [3.8, 4) is 0 Å². The molecule has 1 unspecified atom stereocenters. The van der Waals surface area contributed by atoms with Crippen LogP contribution in [0.1, 0.15) is 122 Å². The van der Waals surface area contributed by atoms with E-state index in [4.69, 9.17) is 0 Å². The van der Waals surface area contributed by atoms with Gasteiger partial charge in [0, 0.05) is 0 Å². The summed E-state index contributed by atoms with van der Waals surface area (Å²) in [6.07, 6.45) is 21.6. The molecular formula is C28H48. The summed E-state index contributed by atoms with van der Waals surface area (Å²) in [4.78, 5) is 0. The highest BCUT2D eigenvalue weighted by atomic mass is 14.2. The minimum atomic E-state index is 0.856. The van der Waals surface area contributed by atoms with Crippen molar-refractivity contribution in [1.82, 2.24) is 0 Å². The third-order valence-corrected chi connectivity index (χ3v) is 6.02. The Balaban J connectivity index is 2.41. The lowest BCUT2D eigenvalue weighted by atomic mass is 9.87. The van der Waals surface area contributed by atoms with E-state index in [0.717, 1.165) is 12.3 Å². The summed E-state index contributed by atoms with van der Waals surface area (Å²) < 4.78 is 0. The quantitative estimate of drug-likeness (QED) is 0.174. The molecule has 0 heterocycles. The van der Waals surface area contributed by atoms with Crippen LogP contribution in [0.15, 0.2) is 36.4 Å². The van der Waals surface area contributed by atoms with Gasteiger partial charge < -0.3 is 0 Å².